The third kappa shape index (κ3) is 3.21. The van der Waals surface area contributed by atoms with Crippen LogP contribution in [0.15, 0.2) is 46.3 Å². The van der Waals surface area contributed by atoms with E-state index in [1.165, 1.54) is 29.1 Å². The maximum absolute atomic E-state index is 14.4. The molecule has 0 saturated carbocycles. The molecular weight excluding hydrogens is 343 g/mol. The zero-order chi connectivity index (χ0) is 18.4. The Balaban J connectivity index is 2.11. The van der Waals surface area contributed by atoms with Crippen LogP contribution in [0.3, 0.4) is 0 Å². The summed E-state index contributed by atoms with van der Waals surface area (Å²) in [6.07, 6.45) is 4.52. The van der Waals surface area contributed by atoms with Crippen LogP contribution in [0.4, 0.5) is 4.39 Å². The van der Waals surface area contributed by atoms with Gasteiger partial charge in [0.15, 0.2) is 0 Å². The number of fused-ring (bicyclic) bond motifs is 1. The van der Waals surface area contributed by atoms with Crippen LogP contribution >= 0.6 is 0 Å². The first kappa shape index (κ1) is 17.3. The quantitative estimate of drug-likeness (QED) is 0.775. The lowest BCUT2D eigenvalue weighted by Gasteiger charge is -2.14. The zero-order valence-corrected chi connectivity index (χ0v) is 15.0. The van der Waals surface area contributed by atoms with Gasteiger partial charge in [-0.3, -0.25) is 4.79 Å². The summed E-state index contributed by atoms with van der Waals surface area (Å²) in [7, 11) is -2.97. The number of aromatic nitrogens is 3. The van der Waals surface area contributed by atoms with Gasteiger partial charge in [0.25, 0.3) is 5.56 Å². The number of hydrogen-bond donors (Lipinski definition) is 1. The summed E-state index contributed by atoms with van der Waals surface area (Å²) in [5.74, 6) is -0.519. The van der Waals surface area contributed by atoms with Crippen molar-refractivity contribution in [3.8, 4) is 0 Å². The minimum Gasteiger partial charge on any atom is -0.328 e. The second kappa shape index (κ2) is 6.11. The predicted molar refractivity (Wildman–Crippen MR) is 94.1 cm³/mol. The zero-order valence-electron chi connectivity index (χ0n) is 14.2. The van der Waals surface area contributed by atoms with Gasteiger partial charge in [-0.05, 0) is 18.1 Å². The van der Waals surface area contributed by atoms with E-state index >= 15 is 0 Å². The lowest BCUT2D eigenvalue weighted by molar-refractivity contribution is 0.593. The highest BCUT2D eigenvalue weighted by atomic mass is 32.2. The highest BCUT2D eigenvalue weighted by molar-refractivity contribution is 7.91. The van der Waals surface area contributed by atoms with Gasteiger partial charge in [0.1, 0.15) is 11.5 Å². The van der Waals surface area contributed by atoms with Crippen LogP contribution in [0.1, 0.15) is 30.9 Å². The van der Waals surface area contributed by atoms with Gasteiger partial charge in [0, 0.05) is 34.5 Å². The number of nitrogens with zero attached hydrogens (tertiary/aromatic N) is 3. The first-order chi connectivity index (χ1) is 11.7. The van der Waals surface area contributed by atoms with Gasteiger partial charge in [-0.1, -0.05) is 19.9 Å². The largest absolute Gasteiger partial charge is 0.328 e. The minimum absolute atomic E-state index is 0.00709. The van der Waals surface area contributed by atoms with Crippen molar-refractivity contribution in [1.29, 1.82) is 4.78 Å². The Bertz CT molecular complexity index is 1110. The van der Waals surface area contributed by atoms with Crippen molar-refractivity contribution in [2.45, 2.75) is 31.2 Å². The van der Waals surface area contributed by atoms with Crippen molar-refractivity contribution in [2.24, 2.45) is 0 Å². The van der Waals surface area contributed by atoms with Crippen molar-refractivity contribution >= 4 is 15.4 Å². The normalized spacial score (nSPS) is 14.1. The molecule has 1 unspecified atom stereocenters. The van der Waals surface area contributed by atoms with Gasteiger partial charge in [-0.25, -0.2) is 13.4 Å². The van der Waals surface area contributed by atoms with E-state index in [1.54, 1.807) is 16.8 Å². The van der Waals surface area contributed by atoms with Crippen LogP contribution in [0.5, 0.6) is 0 Å². The lowest BCUT2D eigenvalue weighted by Crippen LogP contribution is -2.24. The van der Waals surface area contributed by atoms with E-state index in [0.29, 0.717) is 16.8 Å². The number of halogens is 1. The van der Waals surface area contributed by atoms with Gasteiger partial charge in [-0.15, -0.1) is 0 Å². The summed E-state index contributed by atoms with van der Waals surface area (Å²) in [4.78, 5) is 12.6. The molecule has 2 heterocycles. The molecule has 8 heteroatoms. The highest BCUT2D eigenvalue weighted by Crippen LogP contribution is 2.18. The molecule has 6 nitrogen and oxygen atoms in total. The Labute approximate surface area is 144 Å². The summed E-state index contributed by atoms with van der Waals surface area (Å²) in [6, 6.07) is 5.88. The first-order valence-corrected chi connectivity index (χ1v) is 9.74. The number of benzene rings is 1. The van der Waals surface area contributed by atoms with Crippen LogP contribution in [0.2, 0.25) is 0 Å². The number of nitrogens with one attached hydrogen (secondary N) is 1. The van der Waals surface area contributed by atoms with Crippen LogP contribution in [-0.4, -0.2) is 24.6 Å². The molecule has 3 rings (SSSR count). The van der Waals surface area contributed by atoms with Gasteiger partial charge in [0.05, 0.1) is 22.5 Å². The van der Waals surface area contributed by atoms with Crippen LogP contribution < -0.4 is 5.56 Å². The smallest absolute Gasteiger partial charge is 0.277 e. The van der Waals surface area contributed by atoms with Gasteiger partial charge in [0.2, 0.25) is 0 Å². The summed E-state index contributed by atoms with van der Waals surface area (Å²) in [5, 5.41) is 4.06. The van der Waals surface area contributed by atoms with Crippen LogP contribution in [0, 0.1) is 10.6 Å². The molecule has 0 aliphatic heterocycles. The molecule has 0 saturated heterocycles. The number of hydrogen-bond acceptors (Lipinski definition) is 4. The van der Waals surface area contributed by atoms with E-state index < -0.39 is 15.5 Å². The van der Waals surface area contributed by atoms with E-state index in [0.717, 1.165) is 6.07 Å². The first-order valence-electron chi connectivity index (χ1n) is 7.78. The fourth-order valence-electron chi connectivity index (χ4n) is 2.69. The topological polar surface area (TPSA) is 80.2 Å². The maximum Gasteiger partial charge on any atom is 0.277 e. The van der Waals surface area contributed by atoms with Crippen molar-refractivity contribution < 1.29 is 8.60 Å². The van der Waals surface area contributed by atoms with Crippen molar-refractivity contribution in [3.63, 3.8) is 0 Å². The van der Waals surface area contributed by atoms with E-state index in [1.807, 2.05) is 13.8 Å². The van der Waals surface area contributed by atoms with Crippen molar-refractivity contribution in [3.05, 3.63) is 64.0 Å². The van der Waals surface area contributed by atoms with Gasteiger partial charge < -0.3 is 4.57 Å². The molecule has 1 atom stereocenters. The highest BCUT2D eigenvalue weighted by Gasteiger charge is 2.14. The Morgan fingerprint density at radius 1 is 1.32 bits per heavy atom. The summed E-state index contributed by atoms with van der Waals surface area (Å²) in [5.41, 5.74) is 1.37. The third-order valence-electron chi connectivity index (χ3n) is 4.09. The molecule has 0 bridgehead atoms. The van der Waals surface area contributed by atoms with Gasteiger partial charge in [-0.2, -0.15) is 9.61 Å². The molecule has 0 fully saturated rings. The molecule has 0 aliphatic rings. The van der Waals surface area contributed by atoms with E-state index in [4.69, 9.17) is 4.78 Å². The molecule has 132 valence electrons. The predicted octanol–water partition coefficient (Wildman–Crippen LogP) is 2.84. The third-order valence-corrected chi connectivity index (χ3v) is 5.24. The fourth-order valence-corrected chi connectivity index (χ4v) is 3.34. The summed E-state index contributed by atoms with van der Waals surface area (Å²) in [6.45, 7) is 4.03. The average molecular weight is 362 g/mol. The Hall–Kier alpha value is -2.48. The number of rotatable bonds is 4. The van der Waals surface area contributed by atoms with Crippen LogP contribution in [-0.2, 0) is 16.3 Å². The van der Waals surface area contributed by atoms with Crippen LogP contribution in [0.25, 0.3) is 5.65 Å². The second-order valence-corrected chi connectivity index (χ2v) is 8.53. The van der Waals surface area contributed by atoms with E-state index in [2.05, 4.69) is 5.10 Å². The van der Waals surface area contributed by atoms with E-state index in [-0.39, 0.29) is 22.9 Å². The SMILES string of the molecule is CC(C)c1cn(Cc2ccc(S(C)(=N)=O)cc2F)c2ccnn2c1=O. The molecule has 0 radical (unpaired) electrons. The monoisotopic (exact) mass is 362 g/mol. The molecule has 3 aromatic rings. The molecule has 1 aromatic carbocycles. The Morgan fingerprint density at radius 2 is 2.04 bits per heavy atom. The van der Waals surface area contributed by atoms with Crippen molar-refractivity contribution in [1.82, 2.24) is 14.2 Å². The fraction of sp³-hybridized carbons (Fsp3) is 0.294. The maximum atomic E-state index is 14.4. The average Bonchev–Trinajstić information content (AvgIpc) is 3.00. The van der Waals surface area contributed by atoms with Gasteiger partial charge >= 0.3 is 0 Å². The second-order valence-electron chi connectivity index (χ2n) is 6.37. The molecular formula is C17H19FN4O2S. The lowest BCUT2D eigenvalue weighted by atomic mass is 10.1. The Morgan fingerprint density at radius 3 is 2.64 bits per heavy atom. The molecule has 2 aromatic heterocycles. The molecule has 0 amide bonds. The summed E-state index contributed by atoms with van der Waals surface area (Å²) >= 11 is 0. The standard InChI is InChI=1S/C17H19FN4O2S/c1-11(2)14-10-21(16-6-7-20-22(16)17(14)23)9-12-4-5-13(8-15(12)18)25(3,19)24/h4-8,10-11,19H,9H2,1-3H3. The van der Waals surface area contributed by atoms with Crippen molar-refractivity contribution in [2.75, 3.05) is 6.26 Å². The molecule has 0 aliphatic carbocycles. The Kier molecular flexibility index (Phi) is 4.24. The molecule has 25 heavy (non-hydrogen) atoms. The minimum atomic E-state index is -2.97. The molecule has 0 spiro atoms. The summed E-state index contributed by atoms with van der Waals surface area (Å²) < 4.78 is 36.8. The van der Waals surface area contributed by atoms with E-state index in [9.17, 15) is 13.4 Å². The molecule has 1 N–H and O–H groups in total.